The second kappa shape index (κ2) is 5.05. The fourth-order valence-corrected chi connectivity index (χ4v) is 1.98. The number of hydrogen-bond acceptors (Lipinski definition) is 2. The second-order valence-electron chi connectivity index (χ2n) is 4.10. The summed E-state index contributed by atoms with van der Waals surface area (Å²) in [6, 6.07) is 0. The van der Waals surface area contributed by atoms with Crippen LogP contribution in [-0.2, 0) is 6.54 Å². The SMILES string of the molecule is O=c1c(F)cncn1CCC1=CCCCC1. The lowest BCUT2D eigenvalue weighted by atomic mass is 9.97. The molecule has 0 atom stereocenters. The Bertz CT molecular complexity index is 451. The van der Waals surface area contributed by atoms with Crippen LogP contribution in [0.4, 0.5) is 4.39 Å². The highest BCUT2D eigenvalue weighted by Crippen LogP contribution is 2.20. The number of aryl methyl sites for hydroxylation is 1. The molecule has 1 aliphatic carbocycles. The van der Waals surface area contributed by atoms with Crippen LogP contribution in [0.1, 0.15) is 32.1 Å². The van der Waals surface area contributed by atoms with Gasteiger partial charge in [0.1, 0.15) is 0 Å². The van der Waals surface area contributed by atoms with E-state index in [0.29, 0.717) is 6.54 Å². The normalized spacial score (nSPS) is 15.9. The van der Waals surface area contributed by atoms with Crippen molar-refractivity contribution < 1.29 is 4.39 Å². The van der Waals surface area contributed by atoms with Crippen molar-refractivity contribution >= 4 is 0 Å². The van der Waals surface area contributed by atoms with Crippen molar-refractivity contribution in [2.45, 2.75) is 38.6 Å². The van der Waals surface area contributed by atoms with Gasteiger partial charge in [0.25, 0.3) is 5.56 Å². The monoisotopic (exact) mass is 222 g/mol. The Morgan fingerprint density at radius 2 is 2.31 bits per heavy atom. The summed E-state index contributed by atoms with van der Waals surface area (Å²) in [5.74, 6) is -0.778. The van der Waals surface area contributed by atoms with E-state index in [-0.39, 0.29) is 0 Å². The molecule has 0 aromatic carbocycles. The zero-order chi connectivity index (χ0) is 11.4. The molecule has 1 heterocycles. The molecule has 0 saturated carbocycles. The van der Waals surface area contributed by atoms with Crippen LogP contribution in [0, 0.1) is 5.82 Å². The zero-order valence-corrected chi connectivity index (χ0v) is 9.16. The Morgan fingerprint density at radius 1 is 1.44 bits per heavy atom. The molecule has 2 rings (SSSR count). The summed E-state index contributed by atoms with van der Waals surface area (Å²) in [6.07, 6.45) is 10.1. The van der Waals surface area contributed by atoms with Gasteiger partial charge in [-0.2, -0.15) is 4.39 Å². The Balaban J connectivity index is 2.02. The van der Waals surface area contributed by atoms with Crippen molar-refractivity contribution in [1.82, 2.24) is 9.55 Å². The van der Waals surface area contributed by atoms with Crippen molar-refractivity contribution in [2.24, 2.45) is 0 Å². The molecule has 1 aromatic rings. The van der Waals surface area contributed by atoms with E-state index < -0.39 is 11.4 Å². The molecule has 0 N–H and O–H groups in total. The summed E-state index contributed by atoms with van der Waals surface area (Å²) in [5.41, 5.74) is 0.800. The van der Waals surface area contributed by atoms with Crippen molar-refractivity contribution in [3.63, 3.8) is 0 Å². The maximum absolute atomic E-state index is 12.9. The van der Waals surface area contributed by atoms with E-state index in [4.69, 9.17) is 0 Å². The topological polar surface area (TPSA) is 34.9 Å². The fraction of sp³-hybridized carbons (Fsp3) is 0.500. The van der Waals surface area contributed by atoms with Gasteiger partial charge in [0.15, 0.2) is 0 Å². The third-order valence-corrected chi connectivity index (χ3v) is 2.92. The van der Waals surface area contributed by atoms with Crippen LogP contribution in [-0.4, -0.2) is 9.55 Å². The highest BCUT2D eigenvalue weighted by Gasteiger charge is 2.06. The molecule has 1 aromatic heterocycles. The first-order valence-electron chi connectivity index (χ1n) is 5.65. The number of halogens is 1. The lowest BCUT2D eigenvalue weighted by Gasteiger charge is -2.12. The number of hydrogen-bond donors (Lipinski definition) is 0. The molecule has 4 heteroatoms. The molecule has 0 bridgehead atoms. The van der Waals surface area contributed by atoms with Gasteiger partial charge in [-0.15, -0.1) is 0 Å². The molecular weight excluding hydrogens is 207 g/mol. The Labute approximate surface area is 93.6 Å². The lowest BCUT2D eigenvalue weighted by Crippen LogP contribution is -2.23. The van der Waals surface area contributed by atoms with E-state index in [2.05, 4.69) is 11.1 Å². The van der Waals surface area contributed by atoms with Crippen LogP contribution in [0.25, 0.3) is 0 Å². The maximum Gasteiger partial charge on any atom is 0.289 e. The van der Waals surface area contributed by atoms with E-state index in [0.717, 1.165) is 25.5 Å². The van der Waals surface area contributed by atoms with E-state index in [9.17, 15) is 9.18 Å². The van der Waals surface area contributed by atoms with Gasteiger partial charge < -0.3 is 0 Å². The predicted octanol–water partition coefficient (Wildman–Crippen LogP) is 2.27. The summed E-state index contributed by atoms with van der Waals surface area (Å²) in [5, 5.41) is 0. The van der Waals surface area contributed by atoms with Gasteiger partial charge in [-0.05, 0) is 32.1 Å². The number of nitrogens with zero attached hydrogens (tertiary/aromatic N) is 2. The Kier molecular flexibility index (Phi) is 3.49. The van der Waals surface area contributed by atoms with Crippen molar-refractivity contribution in [1.29, 1.82) is 0 Å². The van der Waals surface area contributed by atoms with Crippen molar-refractivity contribution in [3.05, 3.63) is 40.3 Å². The summed E-state index contributed by atoms with van der Waals surface area (Å²) in [6.45, 7) is 0.523. The van der Waals surface area contributed by atoms with Gasteiger partial charge in [0.2, 0.25) is 5.82 Å². The van der Waals surface area contributed by atoms with E-state index in [1.807, 2.05) is 0 Å². The minimum atomic E-state index is -0.778. The third-order valence-electron chi connectivity index (χ3n) is 2.92. The average Bonchev–Trinajstić information content (AvgIpc) is 2.32. The molecule has 3 nitrogen and oxygen atoms in total. The van der Waals surface area contributed by atoms with Crippen LogP contribution in [0.15, 0.2) is 29.0 Å². The average molecular weight is 222 g/mol. The fourth-order valence-electron chi connectivity index (χ4n) is 1.98. The van der Waals surface area contributed by atoms with Gasteiger partial charge in [0.05, 0.1) is 12.5 Å². The lowest BCUT2D eigenvalue weighted by molar-refractivity contribution is 0.543. The Hall–Kier alpha value is -1.45. The number of aromatic nitrogens is 2. The van der Waals surface area contributed by atoms with Crippen LogP contribution < -0.4 is 5.56 Å². The highest BCUT2D eigenvalue weighted by molar-refractivity contribution is 5.04. The van der Waals surface area contributed by atoms with Gasteiger partial charge in [0, 0.05) is 6.54 Å². The predicted molar refractivity (Wildman–Crippen MR) is 59.6 cm³/mol. The van der Waals surface area contributed by atoms with Crippen LogP contribution in [0.5, 0.6) is 0 Å². The van der Waals surface area contributed by atoms with Gasteiger partial charge >= 0.3 is 0 Å². The van der Waals surface area contributed by atoms with Crippen molar-refractivity contribution in [3.8, 4) is 0 Å². The molecule has 0 fully saturated rings. The minimum absolute atomic E-state index is 0.523. The molecule has 0 saturated heterocycles. The maximum atomic E-state index is 12.9. The van der Waals surface area contributed by atoms with Gasteiger partial charge in [-0.3, -0.25) is 9.36 Å². The third kappa shape index (κ3) is 2.56. The molecule has 86 valence electrons. The Morgan fingerprint density at radius 3 is 3.06 bits per heavy atom. The van der Waals surface area contributed by atoms with E-state index in [1.54, 1.807) is 0 Å². The molecule has 0 unspecified atom stereocenters. The summed E-state index contributed by atoms with van der Waals surface area (Å²) in [7, 11) is 0. The second-order valence-corrected chi connectivity index (χ2v) is 4.10. The van der Waals surface area contributed by atoms with E-state index >= 15 is 0 Å². The summed E-state index contributed by atoms with van der Waals surface area (Å²) in [4.78, 5) is 15.0. The summed E-state index contributed by atoms with van der Waals surface area (Å²) < 4.78 is 14.3. The van der Waals surface area contributed by atoms with Crippen molar-refractivity contribution in [2.75, 3.05) is 0 Å². The molecule has 16 heavy (non-hydrogen) atoms. The van der Waals surface area contributed by atoms with E-state index in [1.165, 1.54) is 29.3 Å². The van der Waals surface area contributed by atoms with Crippen LogP contribution >= 0.6 is 0 Å². The van der Waals surface area contributed by atoms with Crippen LogP contribution in [0.3, 0.4) is 0 Å². The minimum Gasteiger partial charge on any atom is -0.296 e. The summed E-state index contributed by atoms with van der Waals surface area (Å²) >= 11 is 0. The molecule has 0 radical (unpaired) electrons. The standard InChI is InChI=1S/C12H15FN2O/c13-11-8-14-9-15(12(11)16)7-6-10-4-2-1-3-5-10/h4,8-9H,1-3,5-7H2. The van der Waals surface area contributed by atoms with Crippen LogP contribution in [0.2, 0.25) is 0 Å². The molecule has 0 aliphatic heterocycles. The van der Waals surface area contributed by atoms with Gasteiger partial charge in [-0.1, -0.05) is 11.6 Å². The number of allylic oxidation sites excluding steroid dienone is 2. The highest BCUT2D eigenvalue weighted by atomic mass is 19.1. The molecule has 0 spiro atoms. The first-order chi connectivity index (χ1) is 7.77. The zero-order valence-electron chi connectivity index (χ0n) is 9.16. The molecule has 1 aliphatic rings. The quantitative estimate of drug-likeness (QED) is 0.735. The largest absolute Gasteiger partial charge is 0.296 e. The molecular formula is C12H15FN2O. The first-order valence-corrected chi connectivity index (χ1v) is 5.65. The smallest absolute Gasteiger partial charge is 0.289 e. The molecule has 0 amide bonds. The van der Waals surface area contributed by atoms with Gasteiger partial charge in [-0.25, -0.2) is 4.98 Å². The first kappa shape index (κ1) is 11.0. The number of rotatable bonds is 3.